The molecule has 0 aliphatic carbocycles. The Balaban J connectivity index is 2.18. The molecule has 1 aromatic rings. The minimum atomic E-state index is -0.565. The molecule has 0 atom stereocenters. The molecule has 0 unspecified atom stereocenters. The molecule has 0 spiro atoms. The lowest BCUT2D eigenvalue weighted by Crippen LogP contribution is -2.25. The Morgan fingerprint density at radius 2 is 2.22 bits per heavy atom. The Labute approximate surface area is 107 Å². The van der Waals surface area contributed by atoms with E-state index >= 15 is 0 Å². The third-order valence-corrected chi connectivity index (χ3v) is 2.18. The molecule has 4 nitrogen and oxygen atoms in total. The summed E-state index contributed by atoms with van der Waals surface area (Å²) in [5.41, 5.74) is 0.389. The van der Waals surface area contributed by atoms with Crippen LogP contribution in [0.2, 0.25) is 0 Å². The zero-order chi connectivity index (χ0) is 13.4. The summed E-state index contributed by atoms with van der Waals surface area (Å²) in [7, 11) is 0. The van der Waals surface area contributed by atoms with Crippen LogP contribution in [0.1, 0.15) is 20.3 Å². The van der Waals surface area contributed by atoms with Crippen LogP contribution in [-0.2, 0) is 4.74 Å². The molecule has 0 heterocycles. The van der Waals surface area contributed by atoms with Gasteiger partial charge in [0.2, 0.25) is 0 Å². The Kier molecular flexibility index (Phi) is 6.14. The number of carbonyl (C=O) groups is 1. The molecule has 5 heteroatoms. The Morgan fingerprint density at radius 1 is 1.44 bits per heavy atom. The minimum absolute atomic E-state index is 0.334. The van der Waals surface area contributed by atoms with Crippen LogP contribution in [0.15, 0.2) is 24.3 Å². The van der Waals surface area contributed by atoms with Gasteiger partial charge in [0.05, 0.1) is 6.61 Å². The average Bonchev–Trinajstić information content (AvgIpc) is 2.28. The zero-order valence-electron chi connectivity index (χ0n) is 10.7. The van der Waals surface area contributed by atoms with Crippen LogP contribution in [0, 0.1) is 5.82 Å². The summed E-state index contributed by atoms with van der Waals surface area (Å²) in [6.07, 6.45) is 0.180. The maximum atomic E-state index is 12.8. The number of amides is 1. The van der Waals surface area contributed by atoms with Crippen LogP contribution in [0.4, 0.5) is 14.9 Å². The lowest BCUT2D eigenvalue weighted by atomic mass is 10.3. The molecule has 0 aliphatic rings. The van der Waals surface area contributed by atoms with E-state index in [1.54, 1.807) is 6.07 Å². The van der Waals surface area contributed by atoms with Gasteiger partial charge in [0.25, 0.3) is 0 Å². The molecule has 0 radical (unpaired) electrons. The highest BCUT2D eigenvalue weighted by Gasteiger charge is 2.03. The third-order valence-electron chi connectivity index (χ3n) is 2.18. The molecular weight excluding hydrogens is 235 g/mol. The summed E-state index contributed by atoms with van der Waals surface area (Å²) in [4.78, 5) is 11.3. The average molecular weight is 254 g/mol. The summed E-state index contributed by atoms with van der Waals surface area (Å²) in [5, 5.41) is 5.68. The molecule has 18 heavy (non-hydrogen) atoms. The minimum Gasteiger partial charge on any atom is -0.449 e. The Morgan fingerprint density at radius 3 is 2.89 bits per heavy atom. The van der Waals surface area contributed by atoms with Gasteiger partial charge in [-0.1, -0.05) is 19.9 Å². The molecule has 1 aromatic carbocycles. The number of carbonyl (C=O) groups excluding carboxylic acids is 1. The monoisotopic (exact) mass is 254 g/mol. The number of nitrogens with one attached hydrogen (secondary N) is 2. The fraction of sp³-hybridized carbons (Fsp3) is 0.462. The summed E-state index contributed by atoms with van der Waals surface area (Å²) < 4.78 is 17.8. The first kappa shape index (κ1) is 14.4. The van der Waals surface area contributed by atoms with Crippen LogP contribution in [0.25, 0.3) is 0 Å². The fourth-order valence-electron chi connectivity index (χ4n) is 1.35. The molecule has 0 fully saturated rings. The fourth-order valence-corrected chi connectivity index (χ4v) is 1.35. The van der Waals surface area contributed by atoms with E-state index in [1.165, 1.54) is 18.2 Å². The second kappa shape index (κ2) is 7.66. The van der Waals surface area contributed by atoms with Gasteiger partial charge in [-0.2, -0.15) is 0 Å². The topological polar surface area (TPSA) is 50.4 Å². The van der Waals surface area contributed by atoms with E-state index in [4.69, 9.17) is 4.74 Å². The molecule has 2 N–H and O–H groups in total. The van der Waals surface area contributed by atoms with Gasteiger partial charge in [0.1, 0.15) is 5.82 Å². The highest BCUT2D eigenvalue weighted by atomic mass is 19.1. The molecule has 0 aromatic heterocycles. The van der Waals surface area contributed by atoms with Gasteiger partial charge in [0, 0.05) is 11.7 Å². The summed E-state index contributed by atoms with van der Waals surface area (Å²) in [6, 6.07) is 6.10. The first-order valence-electron chi connectivity index (χ1n) is 6.00. The Hall–Kier alpha value is -1.62. The summed E-state index contributed by atoms with van der Waals surface area (Å²) in [5.74, 6) is -0.395. The van der Waals surface area contributed by atoms with Crippen molar-refractivity contribution in [1.29, 1.82) is 0 Å². The summed E-state index contributed by atoms with van der Waals surface area (Å²) >= 11 is 0. The van der Waals surface area contributed by atoms with Gasteiger partial charge in [-0.05, 0) is 31.2 Å². The van der Waals surface area contributed by atoms with Gasteiger partial charge in [-0.25, -0.2) is 9.18 Å². The van der Waals surface area contributed by atoms with Crippen molar-refractivity contribution >= 4 is 11.8 Å². The number of benzene rings is 1. The normalized spacial score (nSPS) is 10.4. The van der Waals surface area contributed by atoms with Crippen LogP contribution >= 0.6 is 0 Å². The predicted octanol–water partition coefficient (Wildman–Crippen LogP) is 2.76. The SMILES string of the molecule is CC(C)NCCCOC(=O)Nc1cccc(F)c1. The van der Waals surface area contributed by atoms with Crippen molar-refractivity contribution in [3.8, 4) is 0 Å². The van der Waals surface area contributed by atoms with Gasteiger partial charge < -0.3 is 10.1 Å². The largest absolute Gasteiger partial charge is 0.449 e. The molecule has 0 saturated heterocycles. The number of ether oxygens (including phenoxy) is 1. The molecule has 1 rings (SSSR count). The van der Waals surface area contributed by atoms with E-state index in [1.807, 2.05) is 0 Å². The number of anilines is 1. The molecule has 100 valence electrons. The molecule has 0 aliphatic heterocycles. The quantitative estimate of drug-likeness (QED) is 0.767. The van der Waals surface area contributed by atoms with Crippen LogP contribution in [0.5, 0.6) is 0 Å². The maximum absolute atomic E-state index is 12.8. The predicted molar refractivity (Wildman–Crippen MR) is 69.1 cm³/mol. The standard InChI is InChI=1S/C13H19FN2O2/c1-10(2)15-7-4-8-18-13(17)16-12-6-3-5-11(14)9-12/h3,5-6,9-10,15H,4,7-8H2,1-2H3,(H,16,17). The molecule has 0 saturated carbocycles. The molecule has 0 bridgehead atoms. The van der Waals surface area contributed by atoms with Crippen molar-refractivity contribution in [2.24, 2.45) is 0 Å². The second-order valence-electron chi connectivity index (χ2n) is 4.23. The van der Waals surface area contributed by atoms with E-state index in [0.717, 1.165) is 13.0 Å². The van der Waals surface area contributed by atoms with Crippen molar-refractivity contribution < 1.29 is 13.9 Å². The zero-order valence-corrected chi connectivity index (χ0v) is 10.7. The van der Waals surface area contributed by atoms with Crippen molar-refractivity contribution in [3.05, 3.63) is 30.1 Å². The molecule has 1 amide bonds. The van der Waals surface area contributed by atoms with Gasteiger partial charge in [0.15, 0.2) is 0 Å². The third kappa shape index (κ3) is 6.20. The van der Waals surface area contributed by atoms with E-state index < -0.39 is 11.9 Å². The lowest BCUT2D eigenvalue weighted by Gasteiger charge is -2.09. The lowest BCUT2D eigenvalue weighted by molar-refractivity contribution is 0.160. The van der Waals surface area contributed by atoms with E-state index in [-0.39, 0.29) is 0 Å². The van der Waals surface area contributed by atoms with Gasteiger partial charge in [-0.3, -0.25) is 5.32 Å². The second-order valence-corrected chi connectivity index (χ2v) is 4.23. The summed E-state index contributed by atoms with van der Waals surface area (Å²) in [6.45, 7) is 5.24. The van der Waals surface area contributed by atoms with Crippen LogP contribution in [0.3, 0.4) is 0 Å². The van der Waals surface area contributed by atoms with Gasteiger partial charge in [-0.15, -0.1) is 0 Å². The highest BCUT2D eigenvalue weighted by Crippen LogP contribution is 2.09. The highest BCUT2D eigenvalue weighted by molar-refractivity contribution is 5.84. The van der Waals surface area contributed by atoms with Gasteiger partial charge >= 0.3 is 6.09 Å². The van der Waals surface area contributed by atoms with Crippen molar-refractivity contribution in [2.75, 3.05) is 18.5 Å². The number of rotatable bonds is 6. The van der Waals surface area contributed by atoms with E-state index in [0.29, 0.717) is 18.3 Å². The van der Waals surface area contributed by atoms with E-state index in [9.17, 15) is 9.18 Å². The van der Waals surface area contributed by atoms with Crippen LogP contribution < -0.4 is 10.6 Å². The number of hydrogen-bond donors (Lipinski definition) is 2. The van der Waals surface area contributed by atoms with E-state index in [2.05, 4.69) is 24.5 Å². The molecular formula is C13H19FN2O2. The maximum Gasteiger partial charge on any atom is 0.411 e. The van der Waals surface area contributed by atoms with Crippen molar-refractivity contribution in [1.82, 2.24) is 5.32 Å². The smallest absolute Gasteiger partial charge is 0.411 e. The first-order chi connectivity index (χ1) is 8.58. The number of halogens is 1. The first-order valence-corrected chi connectivity index (χ1v) is 6.00. The van der Waals surface area contributed by atoms with Crippen molar-refractivity contribution in [2.45, 2.75) is 26.3 Å². The van der Waals surface area contributed by atoms with Crippen LogP contribution in [-0.4, -0.2) is 25.3 Å². The Bertz CT molecular complexity index is 383. The number of hydrogen-bond acceptors (Lipinski definition) is 3. The van der Waals surface area contributed by atoms with Crippen molar-refractivity contribution in [3.63, 3.8) is 0 Å².